The fourth-order valence-electron chi connectivity index (χ4n) is 4.36. The predicted octanol–water partition coefficient (Wildman–Crippen LogP) is 1.62. The standard InChI is InChI=1S/C22H32N4O4S/c1-23(2)31(29,30)18-8-9-20(24-10-4-3-5-11-24)19(16-18)22(28)26-14-12-25(13-15-26)21(27)17-6-7-17/h8-9,16-17H,3-7,10-15H2,1-2H3. The Balaban J connectivity index is 1.59. The summed E-state index contributed by atoms with van der Waals surface area (Å²) in [5, 5.41) is 0. The van der Waals surface area contributed by atoms with Crippen molar-refractivity contribution in [1.29, 1.82) is 0 Å². The van der Waals surface area contributed by atoms with E-state index in [1.165, 1.54) is 30.9 Å². The van der Waals surface area contributed by atoms with Gasteiger partial charge in [-0.05, 0) is 50.3 Å². The van der Waals surface area contributed by atoms with Crippen LogP contribution >= 0.6 is 0 Å². The largest absolute Gasteiger partial charge is 0.371 e. The summed E-state index contributed by atoms with van der Waals surface area (Å²) in [6.45, 7) is 3.75. The first kappa shape index (κ1) is 22.1. The van der Waals surface area contributed by atoms with E-state index in [2.05, 4.69) is 4.90 Å². The number of hydrogen-bond acceptors (Lipinski definition) is 5. The first-order valence-electron chi connectivity index (χ1n) is 11.2. The zero-order valence-corrected chi connectivity index (χ0v) is 19.2. The third-order valence-corrected chi connectivity index (χ3v) is 8.29. The second-order valence-corrected chi connectivity index (χ2v) is 11.1. The van der Waals surface area contributed by atoms with E-state index in [0.717, 1.165) is 44.5 Å². The van der Waals surface area contributed by atoms with Gasteiger partial charge in [-0.2, -0.15) is 0 Å². The highest BCUT2D eigenvalue weighted by Crippen LogP contribution is 2.32. The van der Waals surface area contributed by atoms with Gasteiger partial charge in [0.25, 0.3) is 5.91 Å². The molecule has 3 aliphatic rings. The van der Waals surface area contributed by atoms with Crippen LogP contribution in [0.25, 0.3) is 0 Å². The normalized spacial score (nSPS) is 20.3. The first-order valence-corrected chi connectivity index (χ1v) is 12.6. The van der Waals surface area contributed by atoms with Gasteiger partial charge >= 0.3 is 0 Å². The quantitative estimate of drug-likeness (QED) is 0.684. The molecule has 31 heavy (non-hydrogen) atoms. The van der Waals surface area contributed by atoms with Crippen LogP contribution in [0.4, 0.5) is 5.69 Å². The Morgan fingerprint density at radius 2 is 1.52 bits per heavy atom. The minimum Gasteiger partial charge on any atom is -0.371 e. The van der Waals surface area contributed by atoms with Gasteiger partial charge in [0.15, 0.2) is 0 Å². The number of rotatable bonds is 5. The van der Waals surface area contributed by atoms with Gasteiger partial charge in [0.05, 0.1) is 10.5 Å². The number of anilines is 1. The fourth-order valence-corrected chi connectivity index (χ4v) is 5.29. The van der Waals surface area contributed by atoms with Gasteiger partial charge in [-0.3, -0.25) is 9.59 Å². The molecule has 0 unspecified atom stereocenters. The van der Waals surface area contributed by atoms with E-state index in [0.29, 0.717) is 31.7 Å². The molecule has 170 valence electrons. The van der Waals surface area contributed by atoms with E-state index in [9.17, 15) is 18.0 Å². The van der Waals surface area contributed by atoms with Crippen LogP contribution in [0.5, 0.6) is 0 Å². The van der Waals surface area contributed by atoms with Crippen molar-refractivity contribution in [2.45, 2.75) is 37.0 Å². The van der Waals surface area contributed by atoms with Crippen molar-refractivity contribution in [3.63, 3.8) is 0 Å². The summed E-state index contributed by atoms with van der Waals surface area (Å²) in [5.41, 5.74) is 1.24. The van der Waals surface area contributed by atoms with Crippen molar-refractivity contribution < 1.29 is 18.0 Å². The van der Waals surface area contributed by atoms with Crippen LogP contribution in [0.2, 0.25) is 0 Å². The molecule has 0 spiro atoms. The lowest BCUT2D eigenvalue weighted by Gasteiger charge is -2.36. The zero-order chi connectivity index (χ0) is 22.2. The molecule has 1 aromatic carbocycles. The Morgan fingerprint density at radius 3 is 2.10 bits per heavy atom. The van der Waals surface area contributed by atoms with E-state index in [1.807, 2.05) is 4.90 Å². The number of sulfonamides is 1. The summed E-state index contributed by atoms with van der Waals surface area (Å²) >= 11 is 0. The predicted molar refractivity (Wildman–Crippen MR) is 119 cm³/mol. The maximum atomic E-state index is 13.5. The highest BCUT2D eigenvalue weighted by atomic mass is 32.2. The maximum Gasteiger partial charge on any atom is 0.256 e. The Kier molecular flexibility index (Phi) is 6.25. The van der Waals surface area contributed by atoms with Crippen LogP contribution in [-0.2, 0) is 14.8 Å². The number of carbonyl (C=O) groups excluding carboxylic acids is 2. The second-order valence-electron chi connectivity index (χ2n) is 8.91. The third-order valence-electron chi connectivity index (χ3n) is 6.48. The second kappa shape index (κ2) is 8.78. The molecular weight excluding hydrogens is 416 g/mol. The van der Waals surface area contributed by atoms with Gasteiger partial charge < -0.3 is 14.7 Å². The van der Waals surface area contributed by atoms with Gasteiger partial charge in [0, 0.05) is 65.0 Å². The summed E-state index contributed by atoms with van der Waals surface area (Å²) < 4.78 is 26.6. The van der Waals surface area contributed by atoms with Crippen LogP contribution in [0.1, 0.15) is 42.5 Å². The van der Waals surface area contributed by atoms with Gasteiger partial charge in [0.2, 0.25) is 15.9 Å². The molecule has 1 aliphatic carbocycles. The van der Waals surface area contributed by atoms with Gasteiger partial charge in [-0.15, -0.1) is 0 Å². The average Bonchev–Trinajstić information content (AvgIpc) is 3.64. The summed E-state index contributed by atoms with van der Waals surface area (Å²) in [6, 6.07) is 4.91. The molecule has 2 amide bonds. The van der Waals surface area contributed by atoms with Crippen LogP contribution in [0.3, 0.4) is 0 Å². The van der Waals surface area contributed by atoms with Crippen molar-refractivity contribution in [3.05, 3.63) is 23.8 Å². The summed E-state index contributed by atoms with van der Waals surface area (Å²) in [5.74, 6) is 0.232. The van der Waals surface area contributed by atoms with Crippen molar-refractivity contribution in [2.24, 2.45) is 5.92 Å². The Hall–Kier alpha value is -2.13. The van der Waals surface area contributed by atoms with Crippen molar-refractivity contribution in [2.75, 3.05) is 58.3 Å². The molecule has 2 saturated heterocycles. The summed E-state index contributed by atoms with van der Waals surface area (Å²) in [4.78, 5) is 31.8. The smallest absolute Gasteiger partial charge is 0.256 e. The molecule has 3 fully saturated rings. The van der Waals surface area contributed by atoms with Gasteiger partial charge in [-0.25, -0.2) is 12.7 Å². The third kappa shape index (κ3) is 4.57. The number of piperazine rings is 1. The van der Waals surface area contributed by atoms with E-state index in [1.54, 1.807) is 17.0 Å². The molecule has 1 aromatic rings. The van der Waals surface area contributed by atoms with Crippen molar-refractivity contribution >= 4 is 27.5 Å². The SMILES string of the molecule is CN(C)S(=O)(=O)c1ccc(N2CCCCC2)c(C(=O)N2CCN(C(=O)C3CC3)CC2)c1. The minimum atomic E-state index is -3.64. The number of hydrogen-bond donors (Lipinski definition) is 0. The Morgan fingerprint density at radius 1 is 0.903 bits per heavy atom. The molecule has 0 aromatic heterocycles. The Labute approximate surface area is 184 Å². The zero-order valence-electron chi connectivity index (χ0n) is 18.4. The number of nitrogens with zero attached hydrogens (tertiary/aromatic N) is 4. The van der Waals surface area contributed by atoms with Gasteiger partial charge in [0.1, 0.15) is 0 Å². The number of benzene rings is 1. The molecule has 2 heterocycles. The summed E-state index contributed by atoms with van der Waals surface area (Å²) in [7, 11) is -0.659. The fraction of sp³-hybridized carbons (Fsp3) is 0.636. The van der Waals surface area contributed by atoms with Crippen LogP contribution in [-0.4, -0.2) is 87.7 Å². The van der Waals surface area contributed by atoms with Crippen molar-refractivity contribution in [1.82, 2.24) is 14.1 Å². The molecular formula is C22H32N4O4S. The Bertz CT molecular complexity index is 944. The molecule has 4 rings (SSSR count). The van der Waals surface area contributed by atoms with E-state index in [-0.39, 0.29) is 22.6 Å². The maximum absolute atomic E-state index is 13.5. The summed E-state index contributed by atoms with van der Waals surface area (Å²) in [6.07, 6.45) is 5.25. The van der Waals surface area contributed by atoms with E-state index < -0.39 is 10.0 Å². The van der Waals surface area contributed by atoms with Crippen LogP contribution in [0.15, 0.2) is 23.1 Å². The molecule has 2 aliphatic heterocycles. The van der Waals surface area contributed by atoms with Crippen molar-refractivity contribution in [3.8, 4) is 0 Å². The molecule has 0 atom stereocenters. The molecule has 9 heteroatoms. The molecule has 0 N–H and O–H groups in total. The van der Waals surface area contributed by atoms with Gasteiger partial charge in [-0.1, -0.05) is 0 Å². The lowest BCUT2D eigenvalue weighted by atomic mass is 10.1. The highest BCUT2D eigenvalue weighted by molar-refractivity contribution is 7.89. The monoisotopic (exact) mass is 448 g/mol. The topological polar surface area (TPSA) is 81.2 Å². The number of carbonyl (C=O) groups is 2. The minimum absolute atomic E-state index is 0.129. The highest BCUT2D eigenvalue weighted by Gasteiger charge is 2.36. The first-order chi connectivity index (χ1) is 14.8. The van der Waals surface area contributed by atoms with Crippen LogP contribution < -0.4 is 4.90 Å². The number of amides is 2. The number of piperidine rings is 1. The average molecular weight is 449 g/mol. The van der Waals surface area contributed by atoms with E-state index >= 15 is 0 Å². The lowest BCUT2D eigenvalue weighted by molar-refractivity contribution is -0.134. The molecule has 1 saturated carbocycles. The lowest BCUT2D eigenvalue weighted by Crippen LogP contribution is -2.51. The molecule has 0 bridgehead atoms. The van der Waals surface area contributed by atoms with Crippen LogP contribution in [0, 0.1) is 5.92 Å². The van der Waals surface area contributed by atoms with E-state index in [4.69, 9.17) is 0 Å². The molecule has 8 nitrogen and oxygen atoms in total. The molecule has 0 radical (unpaired) electrons.